The van der Waals surface area contributed by atoms with Crippen LogP contribution >= 0.6 is 0 Å². The summed E-state index contributed by atoms with van der Waals surface area (Å²) in [5.74, 6) is -3.72. The number of benzene rings is 6. The van der Waals surface area contributed by atoms with Crippen LogP contribution in [-0.4, -0.2) is 39.3 Å². The lowest BCUT2D eigenvalue weighted by molar-refractivity contribution is 0.447. The Morgan fingerprint density at radius 2 is 0.600 bits per heavy atom. The number of rotatable bonds is 6. The van der Waals surface area contributed by atoms with Gasteiger partial charge in [-0.3, -0.25) is 0 Å². The van der Waals surface area contributed by atoms with Gasteiger partial charge in [-0.15, -0.1) is 0 Å². The maximum atomic E-state index is 13.3. The topological polar surface area (TPSA) is 36.1 Å². The molecule has 3 saturated heterocycles. The minimum atomic E-state index is -1.43. The summed E-state index contributed by atoms with van der Waals surface area (Å²) < 4.78 is 78.6. The molecule has 0 aliphatic carbocycles. The molecule has 3 aliphatic heterocycles. The highest BCUT2D eigenvalue weighted by molar-refractivity contribution is 5.65. The van der Waals surface area contributed by atoms with E-state index in [-0.39, 0.29) is 5.82 Å². The molecule has 0 amide bonds. The minimum Gasteiger partial charge on any atom is -0.317 e. The summed E-state index contributed by atoms with van der Waals surface area (Å²) in [4.78, 5) is 0. The molecule has 0 aromatic heterocycles. The summed E-state index contributed by atoms with van der Waals surface area (Å²) in [5.41, 5.74) is 8.88. The van der Waals surface area contributed by atoms with E-state index < -0.39 is 29.1 Å². The zero-order valence-electron chi connectivity index (χ0n) is 33.6. The van der Waals surface area contributed by atoms with E-state index >= 15 is 0 Å². The van der Waals surface area contributed by atoms with E-state index in [2.05, 4.69) is 52.3 Å². The summed E-state index contributed by atoms with van der Waals surface area (Å²) in [7, 11) is 0. The fourth-order valence-electron chi connectivity index (χ4n) is 8.35. The van der Waals surface area contributed by atoms with Crippen LogP contribution in [0.25, 0.3) is 33.4 Å². The van der Waals surface area contributed by atoms with Crippen molar-refractivity contribution in [2.45, 2.75) is 56.3 Å². The van der Waals surface area contributed by atoms with Crippen molar-refractivity contribution in [3.63, 3.8) is 0 Å². The van der Waals surface area contributed by atoms with E-state index in [4.69, 9.17) is 0 Å². The van der Waals surface area contributed by atoms with Gasteiger partial charge in [0.05, 0.1) is 0 Å². The van der Waals surface area contributed by atoms with Crippen LogP contribution < -0.4 is 16.0 Å². The molecule has 0 saturated carbocycles. The molecule has 0 radical (unpaired) electrons. The summed E-state index contributed by atoms with van der Waals surface area (Å²) >= 11 is 0. The van der Waals surface area contributed by atoms with Crippen LogP contribution in [-0.2, 0) is 0 Å². The van der Waals surface area contributed by atoms with Gasteiger partial charge < -0.3 is 16.0 Å². The van der Waals surface area contributed by atoms with Gasteiger partial charge in [0.25, 0.3) is 0 Å². The quantitative estimate of drug-likeness (QED) is 0.116. The lowest BCUT2D eigenvalue weighted by atomic mass is 9.89. The van der Waals surface area contributed by atoms with E-state index in [1.165, 1.54) is 53.8 Å². The molecule has 9 rings (SSSR count). The Balaban J connectivity index is 0.000000136. The summed E-state index contributed by atoms with van der Waals surface area (Å²) in [6.45, 7) is 6.39. The van der Waals surface area contributed by atoms with Crippen LogP contribution in [0.2, 0.25) is 0 Å². The van der Waals surface area contributed by atoms with Gasteiger partial charge in [-0.2, -0.15) is 0 Å². The van der Waals surface area contributed by atoms with Gasteiger partial charge >= 0.3 is 0 Å². The largest absolute Gasteiger partial charge is 0.317 e. The standard InChI is InChI=1S/C17H16F3N.C17H17F2N.C17H18FN/c18-15-9-14(10-16(19)17(15)20)12-3-1-11(2-4-12)13-5-7-21-8-6-13;18-16-6-5-15(11-17(16)19)13-3-1-12(2-4-13)14-7-9-20-10-8-14;18-17-7-5-15(6-8-17)13-1-3-14(4-2-13)16-9-11-19-12-10-16/h1-4,9-10,13,21H,5-8H2;1-6,11,14,20H,7-10H2;1-8,16,19H,9-12H2. The first-order valence-electron chi connectivity index (χ1n) is 21.0. The van der Waals surface area contributed by atoms with Gasteiger partial charge in [0.2, 0.25) is 0 Å². The Bertz CT molecular complexity index is 2240. The van der Waals surface area contributed by atoms with Crippen molar-refractivity contribution < 1.29 is 26.3 Å². The highest BCUT2D eigenvalue weighted by Gasteiger charge is 2.18. The van der Waals surface area contributed by atoms with E-state index in [0.29, 0.717) is 34.4 Å². The van der Waals surface area contributed by atoms with Gasteiger partial charge in [-0.1, -0.05) is 91.0 Å². The molecule has 3 heterocycles. The van der Waals surface area contributed by atoms with Crippen LogP contribution in [0.15, 0.2) is 127 Å². The average Bonchev–Trinajstić information content (AvgIpc) is 3.31. The van der Waals surface area contributed by atoms with Crippen molar-refractivity contribution in [2.24, 2.45) is 0 Å². The molecule has 6 aromatic rings. The number of piperidine rings is 3. The maximum absolute atomic E-state index is 13.3. The smallest absolute Gasteiger partial charge is 0.194 e. The summed E-state index contributed by atoms with van der Waals surface area (Å²) in [6.07, 6.45) is 6.94. The van der Waals surface area contributed by atoms with Gasteiger partial charge in [0.1, 0.15) is 5.82 Å². The molecule has 312 valence electrons. The van der Waals surface area contributed by atoms with Gasteiger partial charge in [0.15, 0.2) is 29.1 Å². The van der Waals surface area contributed by atoms with Gasteiger partial charge in [0, 0.05) is 0 Å². The number of hydrogen-bond acceptors (Lipinski definition) is 3. The molecule has 9 heteroatoms. The highest BCUT2D eigenvalue weighted by Crippen LogP contribution is 2.31. The molecule has 60 heavy (non-hydrogen) atoms. The molecular weight excluding hydrogens is 769 g/mol. The Kier molecular flexibility index (Phi) is 14.9. The number of nitrogens with one attached hydrogen (secondary N) is 3. The molecule has 0 bridgehead atoms. The third-order valence-corrected chi connectivity index (χ3v) is 11.9. The Labute approximate surface area is 349 Å². The van der Waals surface area contributed by atoms with Crippen molar-refractivity contribution >= 4 is 0 Å². The predicted molar refractivity (Wildman–Crippen MR) is 230 cm³/mol. The molecule has 0 unspecified atom stereocenters. The van der Waals surface area contributed by atoms with Gasteiger partial charge in [-0.25, -0.2) is 26.3 Å². The Morgan fingerprint density at radius 3 is 0.967 bits per heavy atom. The van der Waals surface area contributed by atoms with Crippen LogP contribution in [0.1, 0.15) is 73.0 Å². The van der Waals surface area contributed by atoms with Crippen molar-refractivity contribution in [2.75, 3.05) is 39.3 Å². The molecule has 0 spiro atoms. The zero-order valence-corrected chi connectivity index (χ0v) is 33.6. The second-order valence-corrected chi connectivity index (χ2v) is 15.8. The maximum Gasteiger partial charge on any atom is 0.194 e. The first-order chi connectivity index (χ1) is 29.2. The van der Waals surface area contributed by atoms with E-state index in [1.807, 2.05) is 48.5 Å². The average molecular weight is 820 g/mol. The third kappa shape index (κ3) is 11.3. The minimum absolute atomic E-state index is 0.185. The third-order valence-electron chi connectivity index (χ3n) is 11.9. The second-order valence-electron chi connectivity index (χ2n) is 15.8. The Hall–Kier alpha value is -5.22. The van der Waals surface area contributed by atoms with Gasteiger partial charge in [-0.05, 0) is 182 Å². The summed E-state index contributed by atoms with van der Waals surface area (Å²) in [5, 5.41) is 10.1. The second kappa shape index (κ2) is 20.8. The zero-order chi connectivity index (χ0) is 41.8. The van der Waals surface area contributed by atoms with Crippen LogP contribution in [0.5, 0.6) is 0 Å². The van der Waals surface area contributed by atoms with E-state index in [1.54, 1.807) is 6.07 Å². The fraction of sp³-hybridized carbons (Fsp3) is 0.294. The normalized spacial score (nSPS) is 16.3. The molecule has 3 fully saturated rings. The van der Waals surface area contributed by atoms with Crippen molar-refractivity contribution in [3.8, 4) is 33.4 Å². The van der Waals surface area contributed by atoms with Crippen LogP contribution in [0, 0.1) is 34.9 Å². The fourth-order valence-corrected chi connectivity index (χ4v) is 8.35. The van der Waals surface area contributed by atoms with Crippen molar-refractivity contribution in [1.29, 1.82) is 0 Å². The lowest BCUT2D eigenvalue weighted by Crippen LogP contribution is -2.26. The molecule has 3 nitrogen and oxygen atoms in total. The summed E-state index contributed by atoms with van der Waals surface area (Å²) in [6, 6.07) is 37.3. The highest BCUT2D eigenvalue weighted by atomic mass is 19.2. The molecule has 0 atom stereocenters. The Morgan fingerprint density at radius 1 is 0.300 bits per heavy atom. The van der Waals surface area contributed by atoms with Crippen molar-refractivity contribution in [1.82, 2.24) is 16.0 Å². The lowest BCUT2D eigenvalue weighted by Gasteiger charge is -2.23. The molecule has 3 aliphatic rings. The first kappa shape index (κ1) is 42.9. The SMILES string of the molecule is Fc1cc(-c2ccc(C3CCNCC3)cc2)cc(F)c1F.Fc1ccc(-c2ccc(C3CCNCC3)cc2)cc1.Fc1ccc(-c2ccc(C3CCNCC3)cc2)cc1F. The van der Waals surface area contributed by atoms with Crippen LogP contribution in [0.3, 0.4) is 0 Å². The monoisotopic (exact) mass is 819 g/mol. The van der Waals surface area contributed by atoms with Crippen LogP contribution in [0.4, 0.5) is 26.3 Å². The number of hydrogen-bond donors (Lipinski definition) is 3. The molecule has 6 aromatic carbocycles. The van der Waals surface area contributed by atoms with Crippen molar-refractivity contribution in [3.05, 3.63) is 179 Å². The first-order valence-corrected chi connectivity index (χ1v) is 21.0. The van der Waals surface area contributed by atoms with E-state index in [9.17, 15) is 26.3 Å². The molecule has 3 N–H and O–H groups in total. The molecular formula is C51H51F6N3. The number of halogens is 6. The van der Waals surface area contributed by atoms with E-state index in [0.717, 1.165) is 93.8 Å². The predicted octanol–water partition coefficient (Wildman–Crippen LogP) is 12.3.